The minimum Gasteiger partial charge on any atom is -0.324 e. The lowest BCUT2D eigenvalue weighted by Crippen LogP contribution is -2.45. The number of aryl methyl sites for hydroxylation is 1. The second-order valence-electron chi connectivity index (χ2n) is 6.16. The van der Waals surface area contributed by atoms with Gasteiger partial charge in [0.1, 0.15) is 11.9 Å². The molecule has 0 aliphatic carbocycles. The lowest BCUT2D eigenvalue weighted by Gasteiger charge is -2.23. The molecule has 0 spiro atoms. The zero-order valence-corrected chi connectivity index (χ0v) is 15.8. The minimum atomic E-state index is -4.28. The summed E-state index contributed by atoms with van der Waals surface area (Å²) in [5.74, 6) is -1.92. The van der Waals surface area contributed by atoms with E-state index in [1.807, 2.05) is 0 Å². The first-order valence-electron chi connectivity index (χ1n) is 8.10. The number of anilines is 1. The summed E-state index contributed by atoms with van der Waals surface area (Å²) >= 11 is 6.03. The van der Waals surface area contributed by atoms with Crippen molar-refractivity contribution in [2.24, 2.45) is 0 Å². The van der Waals surface area contributed by atoms with Crippen molar-refractivity contribution in [2.75, 3.05) is 5.32 Å². The Labute approximate surface area is 161 Å². The fourth-order valence-corrected chi connectivity index (χ4v) is 4.60. The molecule has 0 bridgehead atoms. The van der Waals surface area contributed by atoms with Gasteiger partial charge < -0.3 is 5.32 Å². The van der Waals surface area contributed by atoms with Crippen LogP contribution in [0.5, 0.6) is 0 Å². The Morgan fingerprint density at radius 3 is 2.52 bits per heavy atom. The minimum absolute atomic E-state index is 0.0602. The third kappa shape index (κ3) is 3.81. The van der Waals surface area contributed by atoms with Crippen LogP contribution in [-0.4, -0.2) is 30.6 Å². The molecule has 1 atom stereocenters. The second kappa shape index (κ2) is 7.28. The van der Waals surface area contributed by atoms with Crippen molar-refractivity contribution >= 4 is 39.1 Å². The predicted octanol–water partition coefficient (Wildman–Crippen LogP) is 3.11. The highest BCUT2D eigenvalue weighted by atomic mass is 35.5. The number of benzene rings is 2. The molecule has 2 aromatic rings. The number of nitrogens with one attached hydrogen (secondary N) is 1. The zero-order chi connectivity index (χ0) is 19.8. The van der Waals surface area contributed by atoms with E-state index in [9.17, 15) is 22.4 Å². The Hall–Kier alpha value is -2.45. The van der Waals surface area contributed by atoms with Crippen molar-refractivity contribution < 1.29 is 22.4 Å². The Morgan fingerprint density at radius 2 is 1.89 bits per heavy atom. The molecule has 9 heteroatoms. The summed E-state index contributed by atoms with van der Waals surface area (Å²) < 4.78 is 39.3. The SMILES string of the molecule is Cc1ccc(NC(=O)C2CCC(=O)N2S(=O)(=O)c2ccc(F)cc2)cc1Cl. The highest BCUT2D eigenvalue weighted by Crippen LogP contribution is 2.29. The summed E-state index contributed by atoms with van der Waals surface area (Å²) in [5.41, 5.74) is 1.22. The van der Waals surface area contributed by atoms with Gasteiger partial charge in [0, 0.05) is 17.1 Å². The molecular formula is C18H16ClFN2O4S. The first kappa shape index (κ1) is 19.3. The summed E-state index contributed by atoms with van der Waals surface area (Å²) in [5, 5.41) is 3.04. The maximum atomic E-state index is 13.1. The van der Waals surface area contributed by atoms with Gasteiger partial charge in [-0.15, -0.1) is 0 Å². The number of carbonyl (C=O) groups is 2. The van der Waals surface area contributed by atoms with Crippen LogP contribution in [-0.2, 0) is 19.6 Å². The standard InChI is InChI=1S/C18H16ClFN2O4S/c1-11-2-5-13(10-15(11)19)21-18(24)16-8-9-17(23)22(16)27(25,26)14-6-3-12(20)4-7-14/h2-7,10,16H,8-9H2,1H3,(H,21,24). The molecule has 2 amide bonds. The number of sulfonamides is 1. The van der Waals surface area contributed by atoms with Crippen LogP contribution in [0.25, 0.3) is 0 Å². The average molecular weight is 411 g/mol. The van der Waals surface area contributed by atoms with E-state index in [0.29, 0.717) is 15.0 Å². The Morgan fingerprint density at radius 1 is 1.22 bits per heavy atom. The van der Waals surface area contributed by atoms with E-state index in [1.165, 1.54) is 0 Å². The molecule has 0 saturated carbocycles. The number of halogens is 2. The molecular weight excluding hydrogens is 395 g/mol. The number of hydrogen-bond donors (Lipinski definition) is 1. The van der Waals surface area contributed by atoms with Crippen molar-refractivity contribution in [2.45, 2.75) is 30.7 Å². The molecule has 0 radical (unpaired) electrons. The Bertz CT molecular complexity index is 1010. The van der Waals surface area contributed by atoms with Gasteiger partial charge in [0.15, 0.2) is 0 Å². The van der Waals surface area contributed by atoms with Gasteiger partial charge in [-0.2, -0.15) is 0 Å². The number of amides is 2. The van der Waals surface area contributed by atoms with E-state index >= 15 is 0 Å². The second-order valence-corrected chi connectivity index (χ2v) is 8.38. The molecule has 1 fully saturated rings. The Balaban J connectivity index is 1.88. The molecule has 0 aromatic heterocycles. The van der Waals surface area contributed by atoms with E-state index in [1.54, 1.807) is 25.1 Å². The molecule has 1 aliphatic heterocycles. The molecule has 6 nitrogen and oxygen atoms in total. The number of carbonyl (C=O) groups excluding carboxylic acids is 2. The first-order chi connectivity index (χ1) is 12.7. The van der Waals surface area contributed by atoms with Crippen LogP contribution in [0.4, 0.5) is 10.1 Å². The monoisotopic (exact) mass is 410 g/mol. The summed E-state index contributed by atoms with van der Waals surface area (Å²) in [4.78, 5) is 24.6. The molecule has 142 valence electrons. The maximum absolute atomic E-state index is 13.1. The molecule has 2 aromatic carbocycles. The maximum Gasteiger partial charge on any atom is 0.267 e. The van der Waals surface area contributed by atoms with Crippen LogP contribution in [0, 0.1) is 12.7 Å². The van der Waals surface area contributed by atoms with Crippen LogP contribution in [0.1, 0.15) is 18.4 Å². The molecule has 3 rings (SSSR count). The number of rotatable bonds is 4. The summed E-state index contributed by atoms with van der Waals surface area (Å²) in [7, 11) is -4.28. The quantitative estimate of drug-likeness (QED) is 0.839. The third-order valence-corrected chi connectivity index (χ3v) is 6.52. The van der Waals surface area contributed by atoms with Crippen molar-refractivity contribution in [1.29, 1.82) is 0 Å². The van der Waals surface area contributed by atoms with Crippen LogP contribution in [0.15, 0.2) is 47.4 Å². The highest BCUT2D eigenvalue weighted by molar-refractivity contribution is 7.89. The normalized spacial score (nSPS) is 17.2. The van der Waals surface area contributed by atoms with Crippen LogP contribution in [0.3, 0.4) is 0 Å². The molecule has 1 N–H and O–H groups in total. The van der Waals surface area contributed by atoms with Crippen molar-refractivity contribution in [1.82, 2.24) is 4.31 Å². The molecule has 1 unspecified atom stereocenters. The summed E-state index contributed by atoms with van der Waals surface area (Å²) in [6.07, 6.45) is -0.0160. The number of nitrogens with zero attached hydrogens (tertiary/aromatic N) is 1. The van der Waals surface area contributed by atoms with Crippen molar-refractivity contribution in [3.8, 4) is 0 Å². The molecule has 27 heavy (non-hydrogen) atoms. The first-order valence-corrected chi connectivity index (χ1v) is 9.92. The van der Waals surface area contributed by atoms with Crippen molar-refractivity contribution in [3.05, 3.63) is 58.9 Å². The topological polar surface area (TPSA) is 83.6 Å². The smallest absolute Gasteiger partial charge is 0.267 e. The van der Waals surface area contributed by atoms with Gasteiger partial charge in [0.25, 0.3) is 10.0 Å². The summed E-state index contributed by atoms with van der Waals surface area (Å²) in [6, 6.07) is 7.79. The molecule has 1 saturated heterocycles. The van der Waals surface area contributed by atoms with E-state index in [4.69, 9.17) is 11.6 Å². The number of hydrogen-bond acceptors (Lipinski definition) is 4. The zero-order valence-electron chi connectivity index (χ0n) is 14.3. The van der Waals surface area contributed by atoms with E-state index in [2.05, 4.69) is 5.32 Å². The fourth-order valence-electron chi connectivity index (χ4n) is 2.82. The van der Waals surface area contributed by atoms with Crippen molar-refractivity contribution in [3.63, 3.8) is 0 Å². The van der Waals surface area contributed by atoms with Crippen LogP contribution < -0.4 is 5.32 Å². The third-order valence-electron chi connectivity index (χ3n) is 4.27. The van der Waals surface area contributed by atoms with Crippen LogP contribution >= 0.6 is 11.6 Å². The van der Waals surface area contributed by atoms with E-state index < -0.39 is 33.7 Å². The fraction of sp³-hybridized carbons (Fsp3) is 0.222. The lowest BCUT2D eigenvalue weighted by molar-refractivity contribution is -0.128. The van der Waals surface area contributed by atoms with E-state index in [-0.39, 0.29) is 17.7 Å². The van der Waals surface area contributed by atoms with Gasteiger partial charge in [-0.3, -0.25) is 9.59 Å². The van der Waals surface area contributed by atoms with Gasteiger partial charge >= 0.3 is 0 Å². The van der Waals surface area contributed by atoms with Gasteiger partial charge in [-0.05, 0) is 55.3 Å². The van der Waals surface area contributed by atoms with E-state index in [0.717, 1.165) is 29.8 Å². The average Bonchev–Trinajstić information content (AvgIpc) is 3.01. The highest BCUT2D eigenvalue weighted by Gasteiger charge is 2.44. The van der Waals surface area contributed by atoms with Gasteiger partial charge in [0.05, 0.1) is 4.90 Å². The predicted molar refractivity (Wildman–Crippen MR) is 98.3 cm³/mol. The molecule has 1 heterocycles. The van der Waals surface area contributed by atoms with Gasteiger partial charge in [-0.1, -0.05) is 17.7 Å². The van der Waals surface area contributed by atoms with Gasteiger partial charge in [-0.25, -0.2) is 17.1 Å². The van der Waals surface area contributed by atoms with Crippen LogP contribution in [0.2, 0.25) is 5.02 Å². The van der Waals surface area contributed by atoms with Gasteiger partial charge in [0.2, 0.25) is 11.8 Å². The Kier molecular flexibility index (Phi) is 5.21. The largest absolute Gasteiger partial charge is 0.324 e. The summed E-state index contributed by atoms with van der Waals surface area (Å²) in [6.45, 7) is 1.81. The molecule has 1 aliphatic rings. The lowest BCUT2D eigenvalue weighted by atomic mass is 10.2.